The van der Waals surface area contributed by atoms with Gasteiger partial charge >= 0.3 is 0 Å². The Morgan fingerprint density at radius 2 is 2.07 bits per heavy atom. The molecule has 0 aromatic heterocycles. The van der Waals surface area contributed by atoms with Gasteiger partial charge in [-0.3, -0.25) is 4.34 Å². The lowest BCUT2D eigenvalue weighted by atomic mass is 10.1. The predicted octanol–water partition coefficient (Wildman–Crippen LogP) is 2.15. The molecule has 0 aliphatic rings. The van der Waals surface area contributed by atoms with E-state index in [1.807, 2.05) is 18.2 Å². The maximum atomic E-state index is 5.24. The van der Waals surface area contributed by atoms with Gasteiger partial charge in [-0.25, -0.2) is 0 Å². The van der Waals surface area contributed by atoms with Crippen molar-refractivity contribution in [1.29, 1.82) is 0 Å². The average molecular weight is 260 g/mol. The molecule has 0 saturated heterocycles. The van der Waals surface area contributed by atoms with E-state index in [0.717, 1.165) is 30.0 Å². The van der Waals surface area contributed by atoms with Gasteiger partial charge in [0.2, 0.25) is 0 Å². The Hall–Kier alpha value is -0.740. The number of halogens is 1. The van der Waals surface area contributed by atoms with Crippen molar-refractivity contribution in [3.8, 4) is 11.5 Å². The van der Waals surface area contributed by atoms with Crippen molar-refractivity contribution in [3.63, 3.8) is 0 Å². The number of ether oxygens (including phenoxy) is 2. The van der Waals surface area contributed by atoms with Crippen LogP contribution in [0.5, 0.6) is 11.5 Å². The molecule has 0 spiro atoms. The third-order valence-corrected chi connectivity index (χ3v) is 2.37. The topological polar surface area (TPSA) is 30.5 Å². The summed E-state index contributed by atoms with van der Waals surface area (Å²) in [6.07, 6.45) is 0.894. The van der Waals surface area contributed by atoms with Crippen molar-refractivity contribution in [2.24, 2.45) is 0 Å². The molecule has 0 unspecified atom stereocenters. The van der Waals surface area contributed by atoms with E-state index < -0.39 is 0 Å². The standard InChI is InChI=1S/C10H14BrNO2/c1-13-9-3-4-10(14-2)8(7-9)5-6-12-11/h3-4,7,12H,5-6H2,1-2H3. The average Bonchev–Trinajstić information content (AvgIpc) is 2.25. The van der Waals surface area contributed by atoms with Gasteiger partial charge in [-0.2, -0.15) is 0 Å². The summed E-state index contributed by atoms with van der Waals surface area (Å²) >= 11 is 3.17. The Kier molecular flexibility index (Phi) is 4.76. The number of benzene rings is 1. The minimum Gasteiger partial charge on any atom is -0.497 e. The van der Waals surface area contributed by atoms with E-state index in [-0.39, 0.29) is 0 Å². The molecule has 4 heteroatoms. The quantitative estimate of drug-likeness (QED) is 0.823. The van der Waals surface area contributed by atoms with E-state index in [1.165, 1.54) is 0 Å². The molecule has 0 radical (unpaired) electrons. The molecule has 1 N–H and O–H groups in total. The molecule has 1 aromatic carbocycles. The van der Waals surface area contributed by atoms with Gasteiger partial charge in [-0.1, -0.05) is 0 Å². The fraction of sp³-hybridized carbons (Fsp3) is 0.400. The Morgan fingerprint density at radius 3 is 2.64 bits per heavy atom. The van der Waals surface area contributed by atoms with Gasteiger partial charge in [0.15, 0.2) is 0 Å². The first-order valence-electron chi connectivity index (χ1n) is 4.36. The summed E-state index contributed by atoms with van der Waals surface area (Å²) in [6, 6.07) is 5.80. The zero-order valence-corrected chi connectivity index (χ0v) is 9.93. The highest BCUT2D eigenvalue weighted by Gasteiger charge is 2.03. The van der Waals surface area contributed by atoms with E-state index in [0.29, 0.717) is 0 Å². The SMILES string of the molecule is COc1ccc(OC)c(CCNBr)c1. The third kappa shape index (κ3) is 2.89. The van der Waals surface area contributed by atoms with Crippen LogP contribution >= 0.6 is 16.1 Å². The van der Waals surface area contributed by atoms with Crippen molar-refractivity contribution in [3.05, 3.63) is 23.8 Å². The van der Waals surface area contributed by atoms with Crippen molar-refractivity contribution < 1.29 is 9.47 Å². The minimum atomic E-state index is 0.851. The molecule has 0 amide bonds. The van der Waals surface area contributed by atoms with E-state index in [4.69, 9.17) is 9.47 Å². The molecule has 0 bridgehead atoms. The van der Waals surface area contributed by atoms with Crippen molar-refractivity contribution in [2.45, 2.75) is 6.42 Å². The monoisotopic (exact) mass is 259 g/mol. The summed E-state index contributed by atoms with van der Waals surface area (Å²) in [7, 11) is 3.33. The van der Waals surface area contributed by atoms with Crippen LogP contribution < -0.4 is 13.8 Å². The number of hydrogen-bond donors (Lipinski definition) is 1. The van der Waals surface area contributed by atoms with Crippen LogP contribution in [0.15, 0.2) is 18.2 Å². The van der Waals surface area contributed by atoms with Gasteiger partial charge in [0.05, 0.1) is 14.2 Å². The Morgan fingerprint density at radius 1 is 1.29 bits per heavy atom. The van der Waals surface area contributed by atoms with Crippen LogP contribution in [0.1, 0.15) is 5.56 Å². The van der Waals surface area contributed by atoms with Crippen molar-refractivity contribution in [2.75, 3.05) is 20.8 Å². The highest BCUT2D eigenvalue weighted by atomic mass is 79.9. The minimum absolute atomic E-state index is 0.851. The van der Waals surface area contributed by atoms with Crippen molar-refractivity contribution >= 4 is 16.1 Å². The van der Waals surface area contributed by atoms with Gasteiger partial charge in [0.1, 0.15) is 11.5 Å². The molecular formula is C10H14BrNO2. The first kappa shape index (κ1) is 11.3. The van der Waals surface area contributed by atoms with Crippen LogP contribution in [0.2, 0.25) is 0 Å². The summed E-state index contributed by atoms with van der Waals surface area (Å²) < 4.78 is 13.3. The summed E-state index contributed by atoms with van der Waals surface area (Å²) in [6.45, 7) is 0.851. The molecule has 0 saturated carbocycles. The lowest BCUT2D eigenvalue weighted by Crippen LogP contribution is -2.05. The Balaban J connectivity index is 2.84. The molecule has 78 valence electrons. The summed E-state index contributed by atoms with van der Waals surface area (Å²) in [5.74, 6) is 1.75. The molecule has 0 heterocycles. The second-order valence-electron chi connectivity index (χ2n) is 2.81. The fourth-order valence-electron chi connectivity index (χ4n) is 1.26. The highest BCUT2D eigenvalue weighted by molar-refractivity contribution is 9.08. The first-order valence-corrected chi connectivity index (χ1v) is 5.15. The molecule has 3 nitrogen and oxygen atoms in total. The third-order valence-electron chi connectivity index (χ3n) is 1.98. The lowest BCUT2D eigenvalue weighted by Gasteiger charge is -2.09. The van der Waals surface area contributed by atoms with Crippen LogP contribution in [0, 0.1) is 0 Å². The van der Waals surface area contributed by atoms with E-state index in [9.17, 15) is 0 Å². The van der Waals surface area contributed by atoms with Crippen LogP contribution in [-0.2, 0) is 6.42 Å². The molecule has 0 aliphatic heterocycles. The van der Waals surface area contributed by atoms with Crippen LogP contribution in [0.4, 0.5) is 0 Å². The summed E-state index contributed by atoms with van der Waals surface area (Å²) in [5.41, 5.74) is 1.14. The highest BCUT2D eigenvalue weighted by Crippen LogP contribution is 2.24. The summed E-state index contributed by atoms with van der Waals surface area (Å²) in [4.78, 5) is 0. The molecule has 14 heavy (non-hydrogen) atoms. The van der Waals surface area contributed by atoms with Crippen LogP contribution in [-0.4, -0.2) is 20.8 Å². The van der Waals surface area contributed by atoms with Crippen LogP contribution in [0.25, 0.3) is 0 Å². The van der Waals surface area contributed by atoms with E-state index in [1.54, 1.807) is 14.2 Å². The molecule has 0 fully saturated rings. The largest absolute Gasteiger partial charge is 0.497 e. The fourth-order valence-corrected chi connectivity index (χ4v) is 1.46. The first-order chi connectivity index (χ1) is 6.81. The van der Waals surface area contributed by atoms with Crippen LogP contribution in [0.3, 0.4) is 0 Å². The lowest BCUT2D eigenvalue weighted by molar-refractivity contribution is 0.398. The summed E-state index contributed by atoms with van der Waals surface area (Å²) in [5, 5.41) is 0. The smallest absolute Gasteiger partial charge is 0.122 e. The normalized spacial score (nSPS) is 9.93. The van der Waals surface area contributed by atoms with E-state index in [2.05, 4.69) is 20.5 Å². The maximum absolute atomic E-state index is 5.24. The predicted molar refractivity (Wildman–Crippen MR) is 60.2 cm³/mol. The number of nitrogens with one attached hydrogen (secondary N) is 1. The van der Waals surface area contributed by atoms with Gasteiger partial charge in [0, 0.05) is 22.7 Å². The molecule has 0 aliphatic carbocycles. The second kappa shape index (κ2) is 5.88. The van der Waals surface area contributed by atoms with Gasteiger partial charge < -0.3 is 9.47 Å². The zero-order valence-electron chi connectivity index (χ0n) is 8.34. The molecule has 1 rings (SSSR count). The number of hydrogen-bond acceptors (Lipinski definition) is 3. The van der Waals surface area contributed by atoms with Gasteiger partial charge in [-0.05, 0) is 30.2 Å². The van der Waals surface area contributed by atoms with E-state index >= 15 is 0 Å². The molecular weight excluding hydrogens is 246 g/mol. The Bertz CT molecular complexity index is 291. The number of methoxy groups -OCH3 is 2. The number of rotatable bonds is 5. The zero-order chi connectivity index (χ0) is 10.4. The maximum Gasteiger partial charge on any atom is 0.122 e. The molecule has 1 aromatic rings. The molecule has 0 atom stereocenters. The van der Waals surface area contributed by atoms with Crippen molar-refractivity contribution in [1.82, 2.24) is 4.34 Å². The van der Waals surface area contributed by atoms with Gasteiger partial charge in [0.25, 0.3) is 0 Å². The Labute approximate surface area is 92.7 Å². The van der Waals surface area contributed by atoms with Gasteiger partial charge in [-0.15, -0.1) is 0 Å². The second-order valence-corrected chi connectivity index (χ2v) is 3.37.